The average molecular weight is 575 g/mol. The molecule has 0 aliphatic rings. The summed E-state index contributed by atoms with van der Waals surface area (Å²) in [6.07, 6.45) is 1.69. The number of hydrogen-bond donors (Lipinski definition) is 1. The molecule has 0 saturated carbocycles. The molecule has 3 aromatic carbocycles. The summed E-state index contributed by atoms with van der Waals surface area (Å²) >= 11 is 0. The van der Waals surface area contributed by atoms with E-state index in [1.54, 1.807) is 43.5 Å². The van der Waals surface area contributed by atoms with Gasteiger partial charge in [0.2, 0.25) is 15.8 Å². The van der Waals surface area contributed by atoms with E-state index in [1.165, 1.54) is 24.3 Å². The normalized spacial score (nSPS) is 13.5. The van der Waals surface area contributed by atoms with Crippen LogP contribution in [-0.2, 0) is 20.9 Å². The van der Waals surface area contributed by atoms with Crippen LogP contribution in [0.5, 0.6) is 0 Å². The molecule has 0 heterocycles. The first-order valence-corrected chi connectivity index (χ1v) is 13.5. The first-order valence-electron chi connectivity index (χ1n) is 10.2. The van der Waals surface area contributed by atoms with E-state index >= 15 is 0 Å². The molecule has 3 aromatic rings. The van der Waals surface area contributed by atoms with E-state index in [9.17, 15) is 47.6 Å². The zero-order chi connectivity index (χ0) is 28.1. The minimum Gasteiger partial charge on any atom is -0.418 e. The van der Waals surface area contributed by atoms with Crippen LogP contribution in [0.2, 0.25) is 0 Å². The SMILES string of the molecule is Cc1ccc(S(=O)(=O)N[C@@H](C[S+](C)c2ccccc2)c2c(F)c(F)c(F)c(F)c2F)cc1.F[B-](F)(F)F. The van der Waals surface area contributed by atoms with Crippen molar-refractivity contribution in [1.29, 1.82) is 0 Å². The van der Waals surface area contributed by atoms with Crippen molar-refractivity contribution >= 4 is 28.2 Å². The highest BCUT2D eigenvalue weighted by Crippen LogP contribution is 2.31. The fourth-order valence-corrected chi connectivity index (χ4v) is 5.95. The van der Waals surface area contributed by atoms with Crippen molar-refractivity contribution in [1.82, 2.24) is 4.72 Å². The van der Waals surface area contributed by atoms with Gasteiger partial charge in [-0.1, -0.05) is 35.9 Å². The number of halogens is 9. The van der Waals surface area contributed by atoms with E-state index < -0.39 is 68.9 Å². The number of nitrogens with one attached hydrogen (secondary N) is 1. The van der Waals surface area contributed by atoms with Gasteiger partial charge in [-0.2, -0.15) is 4.72 Å². The molecule has 1 unspecified atom stereocenters. The fourth-order valence-electron chi connectivity index (χ4n) is 3.08. The van der Waals surface area contributed by atoms with Crippen molar-refractivity contribution in [3.63, 3.8) is 0 Å². The van der Waals surface area contributed by atoms with E-state index in [-0.39, 0.29) is 10.6 Å². The molecule has 202 valence electrons. The third-order valence-electron chi connectivity index (χ3n) is 4.78. The van der Waals surface area contributed by atoms with Crippen LogP contribution in [0, 0.1) is 36.0 Å². The van der Waals surface area contributed by atoms with Crippen LogP contribution in [0.1, 0.15) is 17.2 Å². The molecule has 15 heteroatoms. The molecular formula is C22H19BF9NO2S2. The van der Waals surface area contributed by atoms with Gasteiger partial charge in [0, 0.05) is 10.9 Å². The largest absolute Gasteiger partial charge is 0.673 e. The number of aryl methyl sites for hydroxylation is 1. The van der Waals surface area contributed by atoms with Crippen LogP contribution in [0.15, 0.2) is 64.4 Å². The van der Waals surface area contributed by atoms with E-state index in [4.69, 9.17) is 0 Å². The summed E-state index contributed by atoms with van der Waals surface area (Å²) in [5.74, 6) is -10.9. The molecule has 0 aromatic heterocycles. The van der Waals surface area contributed by atoms with Gasteiger partial charge in [-0.3, -0.25) is 0 Å². The Morgan fingerprint density at radius 2 is 1.22 bits per heavy atom. The van der Waals surface area contributed by atoms with Crippen molar-refractivity contribution < 1.29 is 47.6 Å². The molecule has 0 amide bonds. The van der Waals surface area contributed by atoms with Crippen LogP contribution in [0.25, 0.3) is 0 Å². The maximum Gasteiger partial charge on any atom is 0.673 e. The molecule has 0 radical (unpaired) electrons. The molecular weight excluding hydrogens is 556 g/mol. The number of benzene rings is 3. The topological polar surface area (TPSA) is 46.2 Å². The van der Waals surface area contributed by atoms with Crippen molar-refractivity contribution in [2.24, 2.45) is 0 Å². The third kappa shape index (κ3) is 8.43. The molecule has 0 spiro atoms. The van der Waals surface area contributed by atoms with Gasteiger partial charge in [-0.15, -0.1) is 0 Å². The van der Waals surface area contributed by atoms with Gasteiger partial charge in [0.15, 0.2) is 28.2 Å². The summed E-state index contributed by atoms with van der Waals surface area (Å²) in [4.78, 5) is 0.531. The van der Waals surface area contributed by atoms with Gasteiger partial charge in [-0.25, -0.2) is 30.4 Å². The molecule has 3 nitrogen and oxygen atoms in total. The number of sulfonamides is 1. The smallest absolute Gasteiger partial charge is 0.418 e. The van der Waals surface area contributed by atoms with Crippen LogP contribution in [0.4, 0.5) is 39.2 Å². The lowest BCUT2D eigenvalue weighted by atomic mass is 10.1. The monoisotopic (exact) mass is 575 g/mol. The molecule has 1 N–H and O–H groups in total. The molecule has 0 bridgehead atoms. The predicted octanol–water partition coefficient (Wildman–Crippen LogP) is 6.32. The van der Waals surface area contributed by atoms with Crippen LogP contribution in [0.3, 0.4) is 0 Å². The molecule has 37 heavy (non-hydrogen) atoms. The maximum atomic E-state index is 14.6. The van der Waals surface area contributed by atoms with Crippen LogP contribution in [-0.4, -0.2) is 27.7 Å². The molecule has 3 rings (SSSR count). The predicted molar refractivity (Wildman–Crippen MR) is 124 cm³/mol. The number of rotatable bonds is 7. The molecule has 0 aliphatic carbocycles. The van der Waals surface area contributed by atoms with Crippen molar-refractivity contribution in [2.45, 2.75) is 22.8 Å². The van der Waals surface area contributed by atoms with Crippen LogP contribution < -0.4 is 4.72 Å². The Morgan fingerprint density at radius 1 is 0.784 bits per heavy atom. The third-order valence-corrected chi connectivity index (χ3v) is 8.18. The molecule has 0 fully saturated rings. The van der Waals surface area contributed by atoms with Gasteiger partial charge < -0.3 is 17.3 Å². The Bertz CT molecular complexity index is 1290. The second-order valence-electron chi connectivity index (χ2n) is 7.58. The molecule has 0 saturated heterocycles. The Kier molecular flexibility index (Phi) is 10.1. The standard InChI is InChI=1S/C22H19F5NO2S2.BF4/c1-13-8-10-15(11-9-13)32(29,30)28-16(12-31(2)14-6-4-3-5-7-14)17-18(23)20(25)22(27)21(26)19(17)24;2-1(3,4)5/h3-11,16,28H,12H2,1-2H3;/q+1;-1/t16-,31?;/m0./s1. The van der Waals surface area contributed by atoms with Crippen molar-refractivity contribution in [3.05, 3.63) is 94.8 Å². The lowest BCUT2D eigenvalue weighted by Gasteiger charge is -2.20. The summed E-state index contributed by atoms with van der Waals surface area (Å²) in [6.45, 7) is 1.74. The van der Waals surface area contributed by atoms with Crippen molar-refractivity contribution in [2.75, 3.05) is 12.0 Å². The second-order valence-corrected chi connectivity index (χ2v) is 11.4. The number of hydrogen-bond acceptors (Lipinski definition) is 2. The fraction of sp³-hybridized carbons (Fsp3) is 0.182. The first-order chi connectivity index (χ1) is 17.0. The summed E-state index contributed by atoms with van der Waals surface area (Å²) in [5.41, 5.74) is -0.438. The highest BCUT2D eigenvalue weighted by atomic mass is 32.2. The van der Waals surface area contributed by atoms with Gasteiger partial charge in [0.05, 0.1) is 16.5 Å². The minimum atomic E-state index is -6.00. The first kappa shape index (κ1) is 30.6. The summed E-state index contributed by atoms with van der Waals surface area (Å²) in [6, 6.07) is 12.6. The van der Waals surface area contributed by atoms with E-state index in [0.717, 1.165) is 10.5 Å². The lowest BCUT2D eigenvalue weighted by Crippen LogP contribution is -2.35. The zero-order valence-electron chi connectivity index (χ0n) is 19.1. The van der Waals surface area contributed by atoms with Crippen LogP contribution >= 0.6 is 0 Å². The summed E-state index contributed by atoms with van der Waals surface area (Å²) in [5, 5.41) is 0. The Hall–Kier alpha value is -2.65. The quantitative estimate of drug-likeness (QED) is 0.118. The molecule has 0 aliphatic heterocycles. The molecule has 2 atom stereocenters. The van der Waals surface area contributed by atoms with Gasteiger partial charge in [0.25, 0.3) is 0 Å². The minimum absolute atomic E-state index is 0.201. The highest BCUT2D eigenvalue weighted by Gasteiger charge is 2.36. The lowest BCUT2D eigenvalue weighted by molar-refractivity contribution is 0.364. The van der Waals surface area contributed by atoms with Gasteiger partial charge in [-0.05, 0) is 31.2 Å². The summed E-state index contributed by atoms with van der Waals surface area (Å²) in [7, 11) is -11.1. The van der Waals surface area contributed by atoms with E-state index in [0.29, 0.717) is 0 Å². The Labute approximate surface area is 210 Å². The maximum absolute atomic E-state index is 14.6. The van der Waals surface area contributed by atoms with E-state index in [2.05, 4.69) is 4.72 Å². The van der Waals surface area contributed by atoms with Crippen molar-refractivity contribution in [3.8, 4) is 0 Å². The average Bonchev–Trinajstić information content (AvgIpc) is 2.81. The Balaban J connectivity index is 0.000000877. The summed E-state index contributed by atoms with van der Waals surface area (Å²) < 4.78 is 137. The highest BCUT2D eigenvalue weighted by molar-refractivity contribution is 7.96. The van der Waals surface area contributed by atoms with E-state index in [1.807, 2.05) is 0 Å². The zero-order valence-corrected chi connectivity index (χ0v) is 20.7. The van der Waals surface area contributed by atoms with Gasteiger partial charge >= 0.3 is 7.25 Å². The van der Waals surface area contributed by atoms with Gasteiger partial charge in [0.1, 0.15) is 12.0 Å². The second kappa shape index (κ2) is 12.3. The Morgan fingerprint density at radius 3 is 1.68 bits per heavy atom.